The first kappa shape index (κ1) is 18.2. The highest BCUT2D eigenvalue weighted by molar-refractivity contribution is 5.46. The van der Waals surface area contributed by atoms with Crippen molar-refractivity contribution in [3.8, 4) is 0 Å². The molecule has 2 aromatic heterocycles. The minimum Gasteiger partial charge on any atom is -0.378 e. The van der Waals surface area contributed by atoms with Crippen LogP contribution in [0, 0.1) is 13.8 Å². The molecule has 2 aromatic rings. The summed E-state index contributed by atoms with van der Waals surface area (Å²) in [5, 5.41) is 4.37. The molecule has 8 nitrogen and oxygen atoms in total. The van der Waals surface area contributed by atoms with Crippen molar-refractivity contribution in [2.45, 2.75) is 20.4 Å². The van der Waals surface area contributed by atoms with Gasteiger partial charge in [0, 0.05) is 63.8 Å². The molecule has 8 heteroatoms. The van der Waals surface area contributed by atoms with Crippen LogP contribution in [0.4, 0.5) is 11.8 Å². The van der Waals surface area contributed by atoms with Crippen LogP contribution in [0.5, 0.6) is 0 Å². The number of hydrogen-bond donors (Lipinski definition) is 0. The monoisotopic (exact) mass is 371 g/mol. The molecule has 0 unspecified atom stereocenters. The Kier molecular flexibility index (Phi) is 5.54. The van der Waals surface area contributed by atoms with E-state index in [0.717, 1.165) is 83.0 Å². The van der Waals surface area contributed by atoms with Crippen LogP contribution >= 0.6 is 0 Å². The quantitative estimate of drug-likeness (QED) is 0.775. The fourth-order valence-electron chi connectivity index (χ4n) is 3.64. The van der Waals surface area contributed by atoms with E-state index in [0.29, 0.717) is 0 Å². The third-order valence-corrected chi connectivity index (χ3v) is 5.23. The molecule has 0 N–H and O–H groups in total. The Bertz CT molecular complexity index is 748. The van der Waals surface area contributed by atoms with Crippen molar-refractivity contribution >= 4 is 11.8 Å². The molecule has 0 aromatic carbocycles. The summed E-state index contributed by atoms with van der Waals surface area (Å²) in [7, 11) is 0. The molecule has 0 spiro atoms. The van der Waals surface area contributed by atoms with Crippen LogP contribution in [-0.4, -0.2) is 83.7 Å². The predicted octanol–water partition coefficient (Wildman–Crippen LogP) is 0.949. The lowest BCUT2D eigenvalue weighted by Crippen LogP contribution is -2.48. The zero-order valence-electron chi connectivity index (χ0n) is 16.3. The van der Waals surface area contributed by atoms with Gasteiger partial charge in [-0.2, -0.15) is 10.1 Å². The first-order valence-electron chi connectivity index (χ1n) is 9.82. The molecule has 0 radical (unpaired) electrons. The second kappa shape index (κ2) is 8.22. The molecule has 2 aliphatic heterocycles. The summed E-state index contributed by atoms with van der Waals surface area (Å²) < 4.78 is 7.49. The number of piperazine rings is 1. The number of morpholine rings is 1. The Morgan fingerprint density at radius 3 is 2.41 bits per heavy atom. The molecule has 4 heterocycles. The van der Waals surface area contributed by atoms with Crippen LogP contribution in [0.25, 0.3) is 0 Å². The zero-order chi connectivity index (χ0) is 18.6. The van der Waals surface area contributed by atoms with Crippen molar-refractivity contribution in [2.24, 2.45) is 0 Å². The molecule has 0 bridgehead atoms. The minimum absolute atomic E-state index is 0.771. The molecular weight excluding hydrogens is 342 g/mol. The zero-order valence-corrected chi connectivity index (χ0v) is 16.3. The highest BCUT2D eigenvalue weighted by Crippen LogP contribution is 2.19. The highest BCUT2D eigenvalue weighted by atomic mass is 16.5. The van der Waals surface area contributed by atoms with Gasteiger partial charge in [-0.15, -0.1) is 0 Å². The van der Waals surface area contributed by atoms with E-state index < -0.39 is 0 Å². The summed E-state index contributed by atoms with van der Waals surface area (Å²) >= 11 is 0. The summed E-state index contributed by atoms with van der Waals surface area (Å²) in [5.41, 5.74) is 2.24. The maximum Gasteiger partial charge on any atom is 0.227 e. The molecule has 0 aliphatic carbocycles. The standard InChI is InChI=1S/C19H29N7O/c1-16-14-20-26(15-16)8-5-23-3-6-25(7-4-23)19-21-17(2)13-18(22-19)24-9-11-27-12-10-24/h13-15H,3-12H2,1-2H3. The van der Waals surface area contributed by atoms with E-state index >= 15 is 0 Å². The van der Waals surface area contributed by atoms with Gasteiger partial charge >= 0.3 is 0 Å². The van der Waals surface area contributed by atoms with Gasteiger partial charge in [-0.05, 0) is 19.4 Å². The molecule has 146 valence electrons. The molecule has 27 heavy (non-hydrogen) atoms. The third kappa shape index (κ3) is 4.56. The molecule has 2 fully saturated rings. The van der Waals surface area contributed by atoms with Crippen LogP contribution < -0.4 is 9.80 Å². The van der Waals surface area contributed by atoms with E-state index in [4.69, 9.17) is 14.7 Å². The van der Waals surface area contributed by atoms with Crippen LogP contribution in [-0.2, 0) is 11.3 Å². The predicted molar refractivity (Wildman–Crippen MR) is 105 cm³/mol. The van der Waals surface area contributed by atoms with Crippen LogP contribution in [0.1, 0.15) is 11.3 Å². The van der Waals surface area contributed by atoms with Crippen molar-refractivity contribution < 1.29 is 4.74 Å². The third-order valence-electron chi connectivity index (χ3n) is 5.23. The van der Waals surface area contributed by atoms with E-state index in [1.807, 2.05) is 10.9 Å². The van der Waals surface area contributed by atoms with E-state index in [9.17, 15) is 0 Å². The van der Waals surface area contributed by atoms with Crippen molar-refractivity contribution in [3.05, 3.63) is 29.7 Å². The van der Waals surface area contributed by atoms with Gasteiger partial charge in [0.15, 0.2) is 0 Å². The summed E-state index contributed by atoms with van der Waals surface area (Å²) in [6.07, 6.45) is 4.02. The van der Waals surface area contributed by atoms with Crippen molar-refractivity contribution in [1.29, 1.82) is 0 Å². The molecule has 0 saturated carbocycles. The Hall–Kier alpha value is -2.19. The number of nitrogens with zero attached hydrogens (tertiary/aromatic N) is 7. The van der Waals surface area contributed by atoms with Gasteiger partial charge in [0.25, 0.3) is 0 Å². The average molecular weight is 371 g/mol. The smallest absolute Gasteiger partial charge is 0.227 e. The second-order valence-corrected chi connectivity index (χ2v) is 7.38. The molecule has 0 amide bonds. The Labute approximate surface area is 160 Å². The maximum absolute atomic E-state index is 5.46. The van der Waals surface area contributed by atoms with Gasteiger partial charge in [-0.1, -0.05) is 0 Å². The van der Waals surface area contributed by atoms with Crippen molar-refractivity contribution in [3.63, 3.8) is 0 Å². The lowest BCUT2D eigenvalue weighted by molar-refractivity contribution is 0.122. The van der Waals surface area contributed by atoms with Gasteiger partial charge in [0.2, 0.25) is 5.95 Å². The van der Waals surface area contributed by atoms with Crippen LogP contribution in [0.15, 0.2) is 18.5 Å². The van der Waals surface area contributed by atoms with Crippen LogP contribution in [0.2, 0.25) is 0 Å². The maximum atomic E-state index is 5.46. The minimum atomic E-state index is 0.771. The fraction of sp³-hybridized carbons (Fsp3) is 0.632. The van der Waals surface area contributed by atoms with Gasteiger partial charge in [-0.25, -0.2) is 4.98 Å². The Balaban J connectivity index is 1.34. The van der Waals surface area contributed by atoms with Crippen molar-refractivity contribution in [1.82, 2.24) is 24.6 Å². The Morgan fingerprint density at radius 2 is 1.70 bits per heavy atom. The average Bonchev–Trinajstić information content (AvgIpc) is 3.12. The summed E-state index contributed by atoms with van der Waals surface area (Å²) in [6, 6.07) is 2.08. The summed E-state index contributed by atoms with van der Waals surface area (Å²) in [5.74, 6) is 1.89. The first-order valence-corrected chi connectivity index (χ1v) is 9.82. The molecule has 2 saturated heterocycles. The lowest BCUT2D eigenvalue weighted by Gasteiger charge is -2.35. The van der Waals surface area contributed by atoms with Gasteiger partial charge in [0.05, 0.1) is 26.0 Å². The van der Waals surface area contributed by atoms with E-state index in [-0.39, 0.29) is 0 Å². The van der Waals surface area contributed by atoms with E-state index in [1.54, 1.807) is 0 Å². The number of aryl methyl sites for hydroxylation is 2. The number of rotatable bonds is 5. The number of anilines is 2. The topological polar surface area (TPSA) is 62.6 Å². The van der Waals surface area contributed by atoms with E-state index in [2.05, 4.69) is 45.9 Å². The molecule has 0 atom stereocenters. The normalized spacial score (nSPS) is 18.9. The van der Waals surface area contributed by atoms with Crippen LogP contribution in [0.3, 0.4) is 0 Å². The van der Waals surface area contributed by atoms with Gasteiger partial charge in [-0.3, -0.25) is 9.58 Å². The number of aromatic nitrogens is 4. The SMILES string of the molecule is Cc1cnn(CCN2CCN(c3nc(C)cc(N4CCOCC4)n3)CC2)c1. The molecule has 2 aliphatic rings. The highest BCUT2D eigenvalue weighted by Gasteiger charge is 2.21. The second-order valence-electron chi connectivity index (χ2n) is 7.38. The summed E-state index contributed by atoms with van der Waals surface area (Å²) in [4.78, 5) is 16.7. The molecular formula is C19H29N7O. The van der Waals surface area contributed by atoms with Gasteiger partial charge in [0.1, 0.15) is 5.82 Å². The largest absolute Gasteiger partial charge is 0.378 e. The first-order chi connectivity index (χ1) is 13.2. The summed E-state index contributed by atoms with van der Waals surface area (Å²) in [6.45, 7) is 13.4. The fourth-order valence-corrected chi connectivity index (χ4v) is 3.64. The Morgan fingerprint density at radius 1 is 0.926 bits per heavy atom. The number of ether oxygens (including phenoxy) is 1. The number of hydrogen-bond acceptors (Lipinski definition) is 7. The van der Waals surface area contributed by atoms with Gasteiger partial charge < -0.3 is 14.5 Å². The van der Waals surface area contributed by atoms with E-state index in [1.165, 1.54) is 5.56 Å². The lowest BCUT2D eigenvalue weighted by atomic mass is 10.3. The molecule has 4 rings (SSSR count). The van der Waals surface area contributed by atoms with Crippen molar-refractivity contribution in [2.75, 3.05) is 68.8 Å².